The number of amides is 1. The standard InChI is InChI=1S/C22H23N5O4S/c1-12-4-6-14-17(8-12)32-21-19(14)20-25-27(22(29)26(20)11-23-21)10-18(28)24-13-5-7-15(30-2)16(9-13)31-3/h5,7,9,11-12H,4,6,8,10H2,1-3H3,(H,24,28)/t12-/m0/s1. The molecule has 0 saturated carbocycles. The lowest BCUT2D eigenvalue weighted by Crippen LogP contribution is -2.28. The molecule has 0 fully saturated rings. The SMILES string of the molecule is COc1ccc(NC(=O)Cn2nc3c4c5c(sc4ncn3c2=O)C[C@@H](C)CC5)cc1OC. The van der Waals surface area contributed by atoms with E-state index >= 15 is 0 Å². The van der Waals surface area contributed by atoms with Crippen molar-refractivity contribution in [3.05, 3.63) is 45.5 Å². The first-order valence-electron chi connectivity index (χ1n) is 10.4. The van der Waals surface area contributed by atoms with E-state index in [1.807, 2.05) is 0 Å². The lowest BCUT2D eigenvalue weighted by Gasteiger charge is -2.17. The molecule has 166 valence electrons. The van der Waals surface area contributed by atoms with Gasteiger partial charge in [-0.2, -0.15) is 0 Å². The number of benzene rings is 1. The Balaban J connectivity index is 1.46. The number of nitrogens with one attached hydrogen (secondary N) is 1. The molecule has 3 heterocycles. The highest BCUT2D eigenvalue weighted by Gasteiger charge is 2.24. The maximum atomic E-state index is 12.9. The van der Waals surface area contributed by atoms with Gasteiger partial charge in [-0.05, 0) is 42.9 Å². The summed E-state index contributed by atoms with van der Waals surface area (Å²) in [7, 11) is 3.07. The summed E-state index contributed by atoms with van der Waals surface area (Å²) < 4.78 is 13.1. The summed E-state index contributed by atoms with van der Waals surface area (Å²) in [5, 5.41) is 8.23. The Morgan fingerprint density at radius 1 is 1.28 bits per heavy atom. The van der Waals surface area contributed by atoms with Crippen molar-refractivity contribution in [2.24, 2.45) is 5.92 Å². The van der Waals surface area contributed by atoms with Crippen LogP contribution in [0.15, 0.2) is 29.3 Å². The molecule has 1 aliphatic rings. The Bertz CT molecular complexity index is 1400. The van der Waals surface area contributed by atoms with Gasteiger partial charge in [0.15, 0.2) is 17.1 Å². The number of aryl methyl sites for hydroxylation is 1. The van der Waals surface area contributed by atoms with Gasteiger partial charge < -0.3 is 14.8 Å². The fraction of sp³-hybridized carbons (Fsp3) is 0.364. The number of ether oxygens (including phenoxy) is 2. The average Bonchev–Trinajstić information content (AvgIpc) is 3.30. The van der Waals surface area contributed by atoms with Crippen LogP contribution in [0.1, 0.15) is 23.8 Å². The summed E-state index contributed by atoms with van der Waals surface area (Å²) in [6, 6.07) is 5.07. The van der Waals surface area contributed by atoms with Crippen LogP contribution in [0, 0.1) is 5.92 Å². The number of carbonyl (C=O) groups excluding carboxylic acids is 1. The Labute approximate surface area is 187 Å². The highest BCUT2D eigenvalue weighted by molar-refractivity contribution is 7.19. The zero-order chi connectivity index (χ0) is 22.4. The van der Waals surface area contributed by atoms with Crippen molar-refractivity contribution >= 4 is 38.8 Å². The number of hydrogen-bond acceptors (Lipinski definition) is 7. The second-order valence-electron chi connectivity index (χ2n) is 8.03. The van der Waals surface area contributed by atoms with Crippen LogP contribution in [0.2, 0.25) is 0 Å². The summed E-state index contributed by atoms with van der Waals surface area (Å²) >= 11 is 1.68. The van der Waals surface area contributed by atoms with Crippen molar-refractivity contribution in [2.75, 3.05) is 19.5 Å². The minimum absolute atomic E-state index is 0.209. The van der Waals surface area contributed by atoms with E-state index in [1.165, 1.54) is 33.0 Å². The molecule has 32 heavy (non-hydrogen) atoms. The molecule has 1 N–H and O–H groups in total. The maximum Gasteiger partial charge on any atom is 0.352 e. The molecular formula is C22H23N5O4S. The third-order valence-corrected chi connectivity index (χ3v) is 7.00. The molecule has 10 heteroatoms. The summed E-state index contributed by atoms with van der Waals surface area (Å²) in [4.78, 5) is 32.3. The Morgan fingerprint density at radius 3 is 2.88 bits per heavy atom. The fourth-order valence-electron chi connectivity index (χ4n) is 4.22. The number of fused-ring (bicyclic) bond motifs is 5. The zero-order valence-electron chi connectivity index (χ0n) is 18.0. The van der Waals surface area contributed by atoms with E-state index in [0.29, 0.717) is 28.8 Å². The van der Waals surface area contributed by atoms with Crippen LogP contribution in [0.25, 0.3) is 15.9 Å². The van der Waals surface area contributed by atoms with Gasteiger partial charge in [-0.25, -0.2) is 18.9 Å². The van der Waals surface area contributed by atoms with E-state index in [2.05, 4.69) is 22.3 Å². The summed E-state index contributed by atoms with van der Waals surface area (Å²) in [6.07, 6.45) is 4.60. The van der Waals surface area contributed by atoms with Crippen molar-refractivity contribution < 1.29 is 14.3 Å². The molecule has 4 aromatic rings. The molecule has 0 aliphatic heterocycles. The van der Waals surface area contributed by atoms with Gasteiger partial charge in [0.25, 0.3) is 0 Å². The first-order chi connectivity index (χ1) is 15.5. The summed E-state index contributed by atoms with van der Waals surface area (Å²) in [6.45, 7) is 2.05. The first kappa shape index (κ1) is 20.5. The molecule has 1 aliphatic carbocycles. The minimum Gasteiger partial charge on any atom is -0.493 e. The van der Waals surface area contributed by atoms with Gasteiger partial charge in [-0.3, -0.25) is 4.79 Å². The molecule has 1 amide bonds. The molecule has 5 rings (SSSR count). The molecule has 1 aromatic carbocycles. The van der Waals surface area contributed by atoms with Crippen molar-refractivity contribution in [3.63, 3.8) is 0 Å². The van der Waals surface area contributed by atoms with E-state index in [4.69, 9.17) is 9.47 Å². The van der Waals surface area contributed by atoms with Gasteiger partial charge in [-0.1, -0.05) is 6.92 Å². The van der Waals surface area contributed by atoms with Gasteiger partial charge >= 0.3 is 5.69 Å². The zero-order valence-corrected chi connectivity index (χ0v) is 18.9. The largest absolute Gasteiger partial charge is 0.493 e. The van der Waals surface area contributed by atoms with Crippen LogP contribution in [0.4, 0.5) is 5.69 Å². The number of hydrogen-bond donors (Lipinski definition) is 1. The molecule has 3 aromatic heterocycles. The van der Waals surface area contributed by atoms with Crippen LogP contribution >= 0.6 is 11.3 Å². The van der Waals surface area contributed by atoms with Gasteiger partial charge in [-0.15, -0.1) is 16.4 Å². The van der Waals surface area contributed by atoms with E-state index in [9.17, 15) is 9.59 Å². The predicted molar refractivity (Wildman–Crippen MR) is 122 cm³/mol. The Morgan fingerprint density at radius 2 is 2.09 bits per heavy atom. The number of methoxy groups -OCH3 is 2. The molecule has 0 saturated heterocycles. The quantitative estimate of drug-likeness (QED) is 0.499. The van der Waals surface area contributed by atoms with Gasteiger partial charge in [0.1, 0.15) is 17.7 Å². The third kappa shape index (κ3) is 3.40. The van der Waals surface area contributed by atoms with Gasteiger partial charge in [0.05, 0.1) is 19.6 Å². The second kappa shape index (κ2) is 7.94. The molecule has 0 unspecified atom stereocenters. The van der Waals surface area contributed by atoms with Crippen molar-refractivity contribution in [2.45, 2.75) is 32.7 Å². The average molecular weight is 454 g/mol. The van der Waals surface area contributed by atoms with E-state index in [1.54, 1.807) is 36.6 Å². The Kier molecular flexibility index (Phi) is 5.09. The molecule has 0 bridgehead atoms. The first-order valence-corrected chi connectivity index (χ1v) is 11.2. The van der Waals surface area contributed by atoms with Crippen LogP contribution < -0.4 is 20.5 Å². The van der Waals surface area contributed by atoms with Crippen molar-refractivity contribution in [1.82, 2.24) is 19.2 Å². The van der Waals surface area contributed by atoms with Crippen molar-refractivity contribution in [3.8, 4) is 11.5 Å². The lowest BCUT2D eigenvalue weighted by atomic mass is 9.89. The molecule has 0 spiro atoms. The second-order valence-corrected chi connectivity index (χ2v) is 9.11. The summed E-state index contributed by atoms with van der Waals surface area (Å²) in [5.74, 6) is 1.34. The highest BCUT2D eigenvalue weighted by Crippen LogP contribution is 2.38. The van der Waals surface area contributed by atoms with E-state index < -0.39 is 0 Å². The fourth-order valence-corrected chi connectivity index (χ4v) is 5.56. The molecule has 0 radical (unpaired) electrons. The number of anilines is 1. The number of aromatic nitrogens is 4. The minimum atomic E-state index is -0.388. The number of carbonyl (C=O) groups is 1. The van der Waals surface area contributed by atoms with Crippen LogP contribution in [-0.2, 0) is 24.2 Å². The van der Waals surface area contributed by atoms with Crippen molar-refractivity contribution in [1.29, 1.82) is 0 Å². The number of thiophene rings is 1. The van der Waals surface area contributed by atoms with E-state index in [0.717, 1.165) is 29.5 Å². The topological polar surface area (TPSA) is 99.7 Å². The summed E-state index contributed by atoms with van der Waals surface area (Å²) in [5.41, 5.74) is 1.95. The molecule has 1 atom stereocenters. The van der Waals surface area contributed by atoms with Crippen LogP contribution in [-0.4, -0.2) is 39.3 Å². The third-order valence-electron chi connectivity index (χ3n) is 5.84. The van der Waals surface area contributed by atoms with Crippen LogP contribution in [0.5, 0.6) is 11.5 Å². The number of nitrogens with zero attached hydrogens (tertiary/aromatic N) is 4. The maximum absolute atomic E-state index is 12.9. The Hall–Kier alpha value is -3.40. The normalized spacial score (nSPS) is 15.7. The monoisotopic (exact) mass is 453 g/mol. The van der Waals surface area contributed by atoms with Crippen LogP contribution in [0.3, 0.4) is 0 Å². The number of rotatable bonds is 5. The molecular weight excluding hydrogens is 430 g/mol. The highest BCUT2D eigenvalue weighted by atomic mass is 32.1. The van der Waals surface area contributed by atoms with E-state index in [-0.39, 0.29) is 18.1 Å². The van der Waals surface area contributed by atoms with Gasteiger partial charge in [0.2, 0.25) is 5.91 Å². The molecule has 9 nitrogen and oxygen atoms in total. The lowest BCUT2D eigenvalue weighted by molar-refractivity contribution is -0.117. The predicted octanol–water partition coefficient (Wildman–Crippen LogP) is 2.89. The van der Waals surface area contributed by atoms with Gasteiger partial charge in [0, 0.05) is 16.6 Å². The smallest absolute Gasteiger partial charge is 0.352 e.